The predicted molar refractivity (Wildman–Crippen MR) is 88.6 cm³/mol. The molecule has 3 aromatic rings. The van der Waals surface area contributed by atoms with Gasteiger partial charge in [-0.3, -0.25) is 0 Å². The highest BCUT2D eigenvalue weighted by Crippen LogP contribution is 2.28. The van der Waals surface area contributed by atoms with Crippen LogP contribution in [0.3, 0.4) is 0 Å². The third-order valence-corrected chi connectivity index (χ3v) is 3.56. The number of nitrogens with zero attached hydrogens (tertiary/aromatic N) is 2. The van der Waals surface area contributed by atoms with Crippen LogP contribution in [0.4, 0.5) is 0 Å². The fraction of sp³-hybridized carbons (Fsp3) is 0. The molecule has 22 heavy (non-hydrogen) atoms. The molecule has 0 aliphatic carbocycles. The lowest BCUT2D eigenvalue weighted by molar-refractivity contribution is 1.47. The molecule has 0 saturated heterocycles. The van der Waals surface area contributed by atoms with E-state index in [0.29, 0.717) is 0 Å². The molecule has 0 aliphatic rings. The van der Waals surface area contributed by atoms with E-state index in [-0.39, 0.29) is 5.57 Å². The zero-order valence-corrected chi connectivity index (χ0v) is 11.8. The van der Waals surface area contributed by atoms with E-state index in [1.807, 2.05) is 48.5 Å². The highest BCUT2D eigenvalue weighted by molar-refractivity contribution is 5.96. The Morgan fingerprint density at radius 1 is 0.773 bits per heavy atom. The van der Waals surface area contributed by atoms with Crippen LogP contribution < -0.4 is 0 Å². The lowest BCUT2D eigenvalue weighted by Crippen LogP contribution is -1.82. The molecule has 0 heterocycles. The van der Waals surface area contributed by atoms with E-state index < -0.39 is 0 Å². The van der Waals surface area contributed by atoms with E-state index in [2.05, 4.69) is 30.3 Å². The van der Waals surface area contributed by atoms with E-state index >= 15 is 0 Å². The van der Waals surface area contributed by atoms with Gasteiger partial charge in [-0.15, -0.1) is 0 Å². The van der Waals surface area contributed by atoms with Crippen LogP contribution in [0.2, 0.25) is 0 Å². The zero-order chi connectivity index (χ0) is 15.4. The molecule has 102 valence electrons. The Morgan fingerprint density at radius 3 is 2.18 bits per heavy atom. The topological polar surface area (TPSA) is 47.6 Å². The van der Waals surface area contributed by atoms with Crippen molar-refractivity contribution in [3.8, 4) is 23.3 Å². The summed E-state index contributed by atoms with van der Waals surface area (Å²) < 4.78 is 0. The molecule has 0 aliphatic heterocycles. The van der Waals surface area contributed by atoms with Crippen molar-refractivity contribution in [3.05, 3.63) is 77.9 Å². The number of nitriles is 2. The maximum absolute atomic E-state index is 8.80. The van der Waals surface area contributed by atoms with E-state index in [9.17, 15) is 0 Å². The van der Waals surface area contributed by atoms with Gasteiger partial charge in [-0.1, -0.05) is 66.7 Å². The van der Waals surface area contributed by atoms with Gasteiger partial charge < -0.3 is 0 Å². The average molecular weight is 280 g/mol. The van der Waals surface area contributed by atoms with Crippen molar-refractivity contribution in [2.24, 2.45) is 0 Å². The fourth-order valence-corrected chi connectivity index (χ4v) is 2.49. The first kappa shape index (κ1) is 13.6. The third kappa shape index (κ3) is 2.59. The molecule has 3 aromatic carbocycles. The Hall–Kier alpha value is -3.36. The Balaban J connectivity index is 2.05. The molecule has 0 atom stereocenters. The highest BCUT2D eigenvalue weighted by Gasteiger charge is 2.03. The van der Waals surface area contributed by atoms with Gasteiger partial charge in [-0.25, -0.2) is 0 Å². The fourth-order valence-electron chi connectivity index (χ4n) is 2.49. The van der Waals surface area contributed by atoms with Gasteiger partial charge in [-0.05, 0) is 33.5 Å². The SMILES string of the molecule is N#CC(C#N)=Cc1ccc(-c2cccc3ccccc23)cc1. The van der Waals surface area contributed by atoms with E-state index in [0.717, 1.165) is 11.1 Å². The molecular weight excluding hydrogens is 268 g/mol. The standard InChI is InChI=1S/C20H12N2/c21-13-16(14-22)12-15-8-10-18(11-9-15)20-7-3-5-17-4-1-2-6-19(17)20/h1-12H. The summed E-state index contributed by atoms with van der Waals surface area (Å²) >= 11 is 0. The summed E-state index contributed by atoms with van der Waals surface area (Å²) in [5.41, 5.74) is 3.25. The third-order valence-electron chi connectivity index (χ3n) is 3.56. The lowest BCUT2D eigenvalue weighted by Gasteiger charge is -2.07. The first-order valence-electron chi connectivity index (χ1n) is 6.92. The van der Waals surface area contributed by atoms with Gasteiger partial charge in [0.15, 0.2) is 0 Å². The number of allylic oxidation sites excluding steroid dienone is 1. The molecule has 0 bridgehead atoms. The van der Waals surface area contributed by atoms with Crippen LogP contribution in [0.5, 0.6) is 0 Å². The minimum absolute atomic E-state index is 0.109. The van der Waals surface area contributed by atoms with Crippen LogP contribution in [0.25, 0.3) is 28.0 Å². The van der Waals surface area contributed by atoms with Crippen LogP contribution in [0.1, 0.15) is 5.56 Å². The quantitative estimate of drug-likeness (QED) is 0.624. The zero-order valence-electron chi connectivity index (χ0n) is 11.8. The van der Waals surface area contributed by atoms with Crippen molar-refractivity contribution in [1.29, 1.82) is 10.5 Å². The van der Waals surface area contributed by atoms with Crippen LogP contribution >= 0.6 is 0 Å². The van der Waals surface area contributed by atoms with Crippen molar-refractivity contribution in [2.75, 3.05) is 0 Å². The summed E-state index contributed by atoms with van der Waals surface area (Å²) in [5.74, 6) is 0. The van der Waals surface area contributed by atoms with Gasteiger partial charge in [0, 0.05) is 0 Å². The van der Waals surface area contributed by atoms with Crippen molar-refractivity contribution < 1.29 is 0 Å². The molecule has 0 aromatic heterocycles. The smallest absolute Gasteiger partial charge is 0.130 e. The van der Waals surface area contributed by atoms with Gasteiger partial charge in [0.25, 0.3) is 0 Å². The Kier molecular flexibility index (Phi) is 3.69. The maximum atomic E-state index is 8.80. The molecular formula is C20H12N2. The molecule has 0 N–H and O–H groups in total. The molecule has 2 nitrogen and oxygen atoms in total. The van der Waals surface area contributed by atoms with Gasteiger partial charge in [0.2, 0.25) is 0 Å². The van der Waals surface area contributed by atoms with E-state index in [1.165, 1.54) is 16.3 Å². The average Bonchev–Trinajstić information content (AvgIpc) is 2.60. The van der Waals surface area contributed by atoms with Crippen molar-refractivity contribution >= 4 is 16.8 Å². The van der Waals surface area contributed by atoms with Crippen molar-refractivity contribution in [3.63, 3.8) is 0 Å². The summed E-state index contributed by atoms with van der Waals surface area (Å²) in [6, 6.07) is 26.1. The number of fused-ring (bicyclic) bond motifs is 1. The Bertz CT molecular complexity index is 915. The minimum Gasteiger partial charge on any atom is -0.192 e. The second-order valence-corrected chi connectivity index (χ2v) is 4.93. The van der Waals surface area contributed by atoms with Crippen LogP contribution in [0.15, 0.2) is 72.3 Å². The molecule has 0 radical (unpaired) electrons. The lowest BCUT2D eigenvalue weighted by atomic mass is 9.97. The first-order chi connectivity index (χ1) is 10.8. The highest BCUT2D eigenvalue weighted by atomic mass is 14.3. The summed E-state index contributed by atoms with van der Waals surface area (Å²) in [4.78, 5) is 0. The van der Waals surface area contributed by atoms with Gasteiger partial charge in [0.05, 0.1) is 0 Å². The van der Waals surface area contributed by atoms with Gasteiger partial charge in [0.1, 0.15) is 17.7 Å². The molecule has 0 fully saturated rings. The molecule has 0 spiro atoms. The molecule has 0 saturated carbocycles. The van der Waals surface area contributed by atoms with Crippen molar-refractivity contribution in [1.82, 2.24) is 0 Å². The Morgan fingerprint density at radius 2 is 1.45 bits per heavy atom. The predicted octanol–water partition coefficient (Wildman–Crippen LogP) is 4.94. The second-order valence-electron chi connectivity index (χ2n) is 4.93. The van der Waals surface area contributed by atoms with Gasteiger partial charge in [-0.2, -0.15) is 10.5 Å². The van der Waals surface area contributed by atoms with Gasteiger partial charge >= 0.3 is 0 Å². The van der Waals surface area contributed by atoms with E-state index in [4.69, 9.17) is 10.5 Å². The maximum Gasteiger partial charge on any atom is 0.130 e. The summed E-state index contributed by atoms with van der Waals surface area (Å²) in [5, 5.41) is 20.0. The van der Waals surface area contributed by atoms with Crippen molar-refractivity contribution in [2.45, 2.75) is 0 Å². The number of hydrogen-bond donors (Lipinski definition) is 0. The van der Waals surface area contributed by atoms with Crippen LogP contribution in [-0.4, -0.2) is 0 Å². The van der Waals surface area contributed by atoms with Crippen LogP contribution in [-0.2, 0) is 0 Å². The largest absolute Gasteiger partial charge is 0.192 e. The van der Waals surface area contributed by atoms with Crippen LogP contribution in [0, 0.1) is 22.7 Å². The number of benzene rings is 3. The minimum atomic E-state index is 0.109. The molecule has 0 amide bonds. The second kappa shape index (κ2) is 5.95. The number of rotatable bonds is 2. The van der Waals surface area contributed by atoms with E-state index in [1.54, 1.807) is 6.08 Å². The molecule has 0 unspecified atom stereocenters. The first-order valence-corrected chi connectivity index (χ1v) is 6.92. The summed E-state index contributed by atoms with van der Waals surface area (Å²) in [6.07, 6.45) is 1.59. The Labute approximate surface area is 129 Å². The number of hydrogen-bond acceptors (Lipinski definition) is 2. The monoisotopic (exact) mass is 280 g/mol. The summed E-state index contributed by atoms with van der Waals surface area (Å²) in [7, 11) is 0. The summed E-state index contributed by atoms with van der Waals surface area (Å²) in [6.45, 7) is 0. The normalized spacial score (nSPS) is 9.73. The molecule has 3 rings (SSSR count). The molecule has 2 heteroatoms.